The number of esters is 1. The third kappa shape index (κ3) is 7.22. The summed E-state index contributed by atoms with van der Waals surface area (Å²) in [7, 11) is 0. The lowest BCUT2D eigenvalue weighted by Crippen LogP contribution is -2.44. The number of carbonyl (C=O) groups excluding carboxylic acids is 3. The number of aromatic nitrogens is 1. The van der Waals surface area contributed by atoms with E-state index in [9.17, 15) is 14.4 Å². The summed E-state index contributed by atoms with van der Waals surface area (Å²) in [6, 6.07) is 18.8. The molecular weight excluding hydrogens is 500 g/mol. The van der Waals surface area contributed by atoms with Crippen molar-refractivity contribution >= 4 is 29.6 Å². The Labute approximate surface area is 227 Å². The Morgan fingerprint density at radius 2 is 1.63 bits per heavy atom. The van der Waals surface area contributed by atoms with E-state index in [1.165, 1.54) is 11.8 Å². The molecule has 1 N–H and O–H groups in total. The molecule has 1 aliphatic carbocycles. The molecule has 0 unspecified atom stereocenters. The number of nitrogens with zero attached hydrogens (tertiary/aromatic N) is 1. The molecule has 0 saturated heterocycles. The number of ketones is 1. The number of Topliss-reactive ketones (excluding diaryl/α,β-unsaturated/α-hetero) is 1. The van der Waals surface area contributed by atoms with Gasteiger partial charge >= 0.3 is 12.1 Å². The second-order valence-electron chi connectivity index (χ2n) is 10.1. The van der Waals surface area contributed by atoms with E-state index in [1.807, 2.05) is 48.5 Å². The first-order valence-electron chi connectivity index (χ1n) is 12.5. The quantitative estimate of drug-likeness (QED) is 0.344. The summed E-state index contributed by atoms with van der Waals surface area (Å²) in [6.07, 6.45) is 2.42. The highest BCUT2D eigenvalue weighted by atomic mass is 32.2. The van der Waals surface area contributed by atoms with Crippen molar-refractivity contribution in [2.75, 3.05) is 12.4 Å². The summed E-state index contributed by atoms with van der Waals surface area (Å²) in [5.74, 6) is -0.246. The highest BCUT2D eigenvalue weighted by Crippen LogP contribution is 2.44. The summed E-state index contributed by atoms with van der Waals surface area (Å²) in [5.41, 5.74) is 4.72. The van der Waals surface area contributed by atoms with Crippen molar-refractivity contribution < 1.29 is 23.9 Å². The van der Waals surface area contributed by atoms with Crippen molar-refractivity contribution in [3.05, 3.63) is 89.7 Å². The van der Waals surface area contributed by atoms with Gasteiger partial charge in [0.15, 0.2) is 5.78 Å². The van der Waals surface area contributed by atoms with Gasteiger partial charge < -0.3 is 14.8 Å². The van der Waals surface area contributed by atoms with Crippen molar-refractivity contribution in [1.82, 2.24) is 10.3 Å². The molecule has 8 heteroatoms. The number of fused-ring (bicyclic) bond motifs is 3. The van der Waals surface area contributed by atoms with Gasteiger partial charge in [-0.05, 0) is 54.7 Å². The Kier molecular flexibility index (Phi) is 8.84. The van der Waals surface area contributed by atoms with Crippen LogP contribution >= 0.6 is 11.8 Å². The van der Waals surface area contributed by atoms with Crippen molar-refractivity contribution in [2.45, 2.75) is 50.5 Å². The summed E-state index contributed by atoms with van der Waals surface area (Å²) < 4.78 is 11.0. The Morgan fingerprint density at radius 1 is 0.974 bits per heavy atom. The minimum atomic E-state index is -1.05. The Hall–Kier alpha value is -3.65. The van der Waals surface area contributed by atoms with E-state index < -0.39 is 23.7 Å². The molecule has 0 spiro atoms. The van der Waals surface area contributed by atoms with E-state index in [0.29, 0.717) is 5.75 Å². The standard InChI is InChI=1S/C30H32N2O5S/c1-30(2,3)37-28(34)15-26(27(33)19-38-18-20-9-8-14-31-16-20)32-29(35)36-17-25-23-12-6-4-10-21(23)22-11-5-7-13-24(22)25/h4-14,16,25-26H,15,17-19H2,1-3H3,(H,32,35)/t26-/m0/s1. The predicted molar refractivity (Wildman–Crippen MR) is 148 cm³/mol. The second kappa shape index (κ2) is 12.3. The molecule has 1 amide bonds. The monoisotopic (exact) mass is 532 g/mol. The molecular formula is C30H32N2O5S. The van der Waals surface area contributed by atoms with Gasteiger partial charge in [-0.2, -0.15) is 0 Å². The predicted octanol–water partition coefficient (Wildman–Crippen LogP) is 5.52. The number of carbonyl (C=O) groups is 3. The zero-order valence-corrected chi connectivity index (χ0v) is 22.6. The van der Waals surface area contributed by atoms with Gasteiger partial charge in [0.25, 0.3) is 0 Å². The van der Waals surface area contributed by atoms with Gasteiger partial charge in [0.05, 0.1) is 12.2 Å². The van der Waals surface area contributed by atoms with Crippen LogP contribution in [0.1, 0.15) is 49.8 Å². The number of thioether (sulfide) groups is 1. The molecule has 2 aromatic carbocycles. The van der Waals surface area contributed by atoms with Gasteiger partial charge in [0, 0.05) is 24.1 Å². The highest BCUT2D eigenvalue weighted by Gasteiger charge is 2.31. The van der Waals surface area contributed by atoms with Crippen LogP contribution in [0.2, 0.25) is 0 Å². The lowest BCUT2D eigenvalue weighted by Gasteiger charge is -2.22. The first kappa shape index (κ1) is 27.4. The van der Waals surface area contributed by atoms with Gasteiger partial charge in [-0.3, -0.25) is 14.6 Å². The zero-order chi connectivity index (χ0) is 27.1. The summed E-state index contributed by atoms with van der Waals surface area (Å²) in [4.78, 5) is 42.5. The Morgan fingerprint density at radius 3 is 2.24 bits per heavy atom. The fraction of sp³-hybridized carbons (Fsp3) is 0.333. The third-order valence-corrected chi connectivity index (χ3v) is 7.08. The van der Waals surface area contributed by atoms with Gasteiger partial charge in [0.1, 0.15) is 18.2 Å². The SMILES string of the molecule is CC(C)(C)OC(=O)C[C@H](NC(=O)OCC1c2ccccc2-c2ccccc21)C(=O)CSCc1cccnc1. The molecule has 38 heavy (non-hydrogen) atoms. The largest absolute Gasteiger partial charge is 0.460 e. The molecule has 0 fully saturated rings. The van der Waals surface area contributed by atoms with Crippen LogP contribution in [0.3, 0.4) is 0 Å². The number of nitrogens with one attached hydrogen (secondary N) is 1. The number of benzene rings is 2. The molecule has 1 aromatic heterocycles. The minimum absolute atomic E-state index is 0.108. The average Bonchev–Trinajstić information content (AvgIpc) is 3.20. The van der Waals surface area contributed by atoms with Crippen molar-refractivity contribution in [1.29, 1.82) is 0 Å². The minimum Gasteiger partial charge on any atom is -0.460 e. The maximum Gasteiger partial charge on any atom is 0.407 e. The topological polar surface area (TPSA) is 94.6 Å². The number of amides is 1. The van der Waals surface area contributed by atoms with Gasteiger partial charge in [-0.25, -0.2) is 4.79 Å². The van der Waals surface area contributed by atoms with Crippen molar-refractivity contribution in [2.24, 2.45) is 0 Å². The smallest absolute Gasteiger partial charge is 0.407 e. The van der Waals surface area contributed by atoms with Crippen molar-refractivity contribution in [3.63, 3.8) is 0 Å². The molecule has 1 atom stereocenters. The number of rotatable bonds is 10. The van der Waals surface area contributed by atoms with Crippen LogP contribution in [0.15, 0.2) is 73.1 Å². The second-order valence-corrected chi connectivity index (χ2v) is 11.1. The molecule has 3 aromatic rings. The zero-order valence-electron chi connectivity index (χ0n) is 21.8. The molecule has 0 aliphatic heterocycles. The van der Waals surface area contributed by atoms with Crippen LogP contribution < -0.4 is 5.32 Å². The molecule has 1 heterocycles. The molecule has 0 bridgehead atoms. The number of ether oxygens (including phenoxy) is 2. The van der Waals surface area contributed by atoms with E-state index in [1.54, 1.807) is 33.2 Å². The van der Waals surface area contributed by atoms with Crippen LogP contribution in [0.25, 0.3) is 11.1 Å². The van der Waals surface area contributed by atoms with Crippen LogP contribution in [-0.4, -0.2) is 46.8 Å². The fourth-order valence-corrected chi connectivity index (χ4v) is 5.34. The van der Waals surface area contributed by atoms with E-state index in [2.05, 4.69) is 22.4 Å². The molecule has 0 saturated carbocycles. The molecule has 198 valence electrons. The van der Waals surface area contributed by atoms with Gasteiger partial charge in [-0.15, -0.1) is 11.8 Å². The fourth-order valence-electron chi connectivity index (χ4n) is 4.43. The van der Waals surface area contributed by atoms with E-state index >= 15 is 0 Å². The van der Waals surface area contributed by atoms with Crippen LogP contribution in [-0.2, 0) is 24.8 Å². The summed E-state index contributed by atoms with van der Waals surface area (Å²) >= 11 is 1.39. The van der Waals surface area contributed by atoms with Crippen LogP contribution in [0.4, 0.5) is 4.79 Å². The third-order valence-electron chi connectivity index (χ3n) is 6.05. The van der Waals surface area contributed by atoms with E-state index in [0.717, 1.165) is 27.8 Å². The number of alkyl carbamates (subject to hydrolysis) is 1. The normalized spacial score (nSPS) is 13.2. The molecule has 0 radical (unpaired) electrons. The summed E-state index contributed by atoms with van der Waals surface area (Å²) in [6.45, 7) is 5.38. The van der Waals surface area contributed by atoms with Crippen LogP contribution in [0.5, 0.6) is 0 Å². The van der Waals surface area contributed by atoms with Gasteiger partial charge in [-0.1, -0.05) is 54.6 Å². The van der Waals surface area contributed by atoms with E-state index in [-0.39, 0.29) is 30.5 Å². The van der Waals surface area contributed by atoms with Gasteiger partial charge in [0.2, 0.25) is 0 Å². The Balaban J connectivity index is 1.39. The molecule has 4 rings (SSSR count). The van der Waals surface area contributed by atoms with E-state index in [4.69, 9.17) is 9.47 Å². The van der Waals surface area contributed by atoms with Crippen LogP contribution in [0, 0.1) is 0 Å². The number of hydrogen-bond donors (Lipinski definition) is 1. The Bertz CT molecular complexity index is 1240. The highest BCUT2D eigenvalue weighted by molar-refractivity contribution is 7.99. The maximum absolute atomic E-state index is 13.0. The average molecular weight is 533 g/mol. The molecule has 1 aliphatic rings. The van der Waals surface area contributed by atoms with Crippen molar-refractivity contribution in [3.8, 4) is 11.1 Å². The summed E-state index contributed by atoms with van der Waals surface area (Å²) in [5, 5.41) is 2.62. The first-order valence-corrected chi connectivity index (χ1v) is 13.7. The lowest BCUT2D eigenvalue weighted by atomic mass is 9.98. The molecule has 7 nitrogen and oxygen atoms in total. The lowest BCUT2D eigenvalue weighted by molar-refractivity contribution is -0.156. The first-order chi connectivity index (χ1) is 18.2. The maximum atomic E-state index is 13.0. The number of hydrogen-bond acceptors (Lipinski definition) is 7. The number of pyridine rings is 1.